The Kier molecular flexibility index (Phi) is 3.71. The van der Waals surface area contributed by atoms with Crippen molar-refractivity contribution >= 4 is 23.0 Å². The molecule has 0 unspecified atom stereocenters. The summed E-state index contributed by atoms with van der Waals surface area (Å²) in [5.41, 5.74) is 14.0. The van der Waals surface area contributed by atoms with Gasteiger partial charge in [-0.3, -0.25) is 4.79 Å². The van der Waals surface area contributed by atoms with Gasteiger partial charge in [-0.05, 0) is 31.2 Å². The number of hydrogen-bond acceptors (Lipinski definition) is 3. The van der Waals surface area contributed by atoms with E-state index in [1.807, 2.05) is 48.2 Å². The lowest BCUT2D eigenvalue weighted by Crippen LogP contribution is -2.20. The van der Waals surface area contributed by atoms with E-state index in [0.29, 0.717) is 11.3 Å². The third-order valence-electron chi connectivity index (χ3n) is 3.02. The average Bonchev–Trinajstić information content (AvgIpc) is 2.42. The maximum atomic E-state index is 11.3. The third kappa shape index (κ3) is 2.52. The van der Waals surface area contributed by atoms with Crippen LogP contribution in [-0.2, 0) is 0 Å². The quantitative estimate of drug-likeness (QED) is 0.824. The predicted octanol–water partition coefficient (Wildman–Crippen LogP) is 2.53. The summed E-state index contributed by atoms with van der Waals surface area (Å²) >= 11 is 0. The van der Waals surface area contributed by atoms with Crippen LogP contribution in [0.15, 0.2) is 48.5 Å². The van der Waals surface area contributed by atoms with Gasteiger partial charge in [0.25, 0.3) is 5.91 Å². The van der Waals surface area contributed by atoms with Crippen LogP contribution in [0.3, 0.4) is 0 Å². The number of rotatable bonds is 4. The number of para-hydroxylation sites is 2. The Hall–Kier alpha value is -2.49. The van der Waals surface area contributed by atoms with E-state index in [0.717, 1.165) is 17.9 Å². The number of amides is 1. The molecule has 0 aliphatic rings. The van der Waals surface area contributed by atoms with Crippen molar-refractivity contribution < 1.29 is 4.79 Å². The average molecular weight is 255 g/mol. The van der Waals surface area contributed by atoms with Gasteiger partial charge in [-0.2, -0.15) is 0 Å². The van der Waals surface area contributed by atoms with Crippen LogP contribution < -0.4 is 16.4 Å². The smallest absolute Gasteiger partial charge is 0.250 e. The summed E-state index contributed by atoms with van der Waals surface area (Å²) < 4.78 is 0. The summed E-state index contributed by atoms with van der Waals surface area (Å²) in [4.78, 5) is 13.4. The molecule has 0 aliphatic carbocycles. The van der Waals surface area contributed by atoms with Gasteiger partial charge in [-0.25, -0.2) is 0 Å². The zero-order chi connectivity index (χ0) is 13.8. The molecule has 0 aliphatic heterocycles. The molecule has 4 nitrogen and oxygen atoms in total. The monoisotopic (exact) mass is 255 g/mol. The first-order valence-electron chi connectivity index (χ1n) is 6.16. The molecule has 4 heteroatoms. The molecule has 0 heterocycles. The van der Waals surface area contributed by atoms with Gasteiger partial charge in [0.2, 0.25) is 0 Å². The number of nitrogen functional groups attached to an aromatic ring is 1. The molecule has 0 saturated heterocycles. The molecule has 0 spiro atoms. The molecule has 0 bridgehead atoms. The van der Waals surface area contributed by atoms with Gasteiger partial charge in [0.15, 0.2) is 0 Å². The summed E-state index contributed by atoms with van der Waals surface area (Å²) in [6.07, 6.45) is 0. The van der Waals surface area contributed by atoms with E-state index >= 15 is 0 Å². The van der Waals surface area contributed by atoms with Crippen molar-refractivity contribution in [2.24, 2.45) is 5.73 Å². The number of hydrogen-bond donors (Lipinski definition) is 2. The molecule has 98 valence electrons. The molecular weight excluding hydrogens is 238 g/mol. The van der Waals surface area contributed by atoms with E-state index in [2.05, 4.69) is 0 Å². The van der Waals surface area contributed by atoms with E-state index in [1.165, 1.54) is 0 Å². The Morgan fingerprint density at radius 1 is 1.11 bits per heavy atom. The summed E-state index contributed by atoms with van der Waals surface area (Å²) in [6, 6.07) is 15.2. The Morgan fingerprint density at radius 2 is 1.79 bits per heavy atom. The van der Waals surface area contributed by atoms with E-state index in [1.54, 1.807) is 12.1 Å². The number of carbonyl (C=O) groups is 1. The Balaban J connectivity index is 2.51. The molecule has 1 amide bonds. The fourth-order valence-electron chi connectivity index (χ4n) is 2.10. The minimum absolute atomic E-state index is 0.354. The highest BCUT2D eigenvalue weighted by Gasteiger charge is 2.14. The number of benzene rings is 2. The minimum atomic E-state index is -0.511. The molecule has 0 saturated carbocycles. The predicted molar refractivity (Wildman–Crippen MR) is 78.5 cm³/mol. The second kappa shape index (κ2) is 5.44. The molecule has 19 heavy (non-hydrogen) atoms. The lowest BCUT2D eigenvalue weighted by Gasteiger charge is -2.25. The second-order valence-corrected chi connectivity index (χ2v) is 4.18. The van der Waals surface area contributed by atoms with E-state index in [-0.39, 0.29) is 0 Å². The molecule has 0 radical (unpaired) electrons. The zero-order valence-corrected chi connectivity index (χ0v) is 10.8. The minimum Gasteiger partial charge on any atom is -0.396 e. The van der Waals surface area contributed by atoms with Crippen molar-refractivity contribution in [3.05, 3.63) is 54.1 Å². The van der Waals surface area contributed by atoms with Crippen molar-refractivity contribution in [2.45, 2.75) is 6.92 Å². The fourth-order valence-corrected chi connectivity index (χ4v) is 2.10. The maximum Gasteiger partial charge on any atom is 0.250 e. The Bertz CT molecular complexity index is 581. The van der Waals surface area contributed by atoms with Crippen LogP contribution in [-0.4, -0.2) is 12.5 Å². The van der Waals surface area contributed by atoms with Gasteiger partial charge in [-0.15, -0.1) is 0 Å². The van der Waals surface area contributed by atoms with Crippen LogP contribution in [0.1, 0.15) is 17.3 Å². The van der Waals surface area contributed by atoms with E-state index < -0.39 is 5.91 Å². The van der Waals surface area contributed by atoms with Crippen LogP contribution in [0, 0.1) is 0 Å². The van der Waals surface area contributed by atoms with E-state index in [9.17, 15) is 4.79 Å². The molecule has 0 aromatic heterocycles. The highest BCUT2D eigenvalue weighted by molar-refractivity contribution is 6.01. The molecular formula is C15H17N3O. The number of anilines is 3. The van der Waals surface area contributed by atoms with Crippen LogP contribution in [0.25, 0.3) is 0 Å². The van der Waals surface area contributed by atoms with Gasteiger partial charge >= 0.3 is 0 Å². The lowest BCUT2D eigenvalue weighted by atomic mass is 10.1. The van der Waals surface area contributed by atoms with Gasteiger partial charge in [0.1, 0.15) is 0 Å². The van der Waals surface area contributed by atoms with Crippen molar-refractivity contribution in [3.63, 3.8) is 0 Å². The summed E-state index contributed by atoms with van der Waals surface area (Å²) in [5, 5.41) is 0. The van der Waals surface area contributed by atoms with Crippen LogP contribution in [0.4, 0.5) is 17.1 Å². The van der Waals surface area contributed by atoms with Crippen molar-refractivity contribution in [1.82, 2.24) is 0 Å². The number of primary amides is 1. The lowest BCUT2D eigenvalue weighted by molar-refractivity contribution is 0.100. The highest BCUT2D eigenvalue weighted by Crippen LogP contribution is 2.31. The standard InChI is InChI=1S/C15H17N3O/c1-2-18(11-7-4-3-5-8-11)13-10-6-9-12(14(13)16)15(17)19/h3-10H,2,16H2,1H3,(H2,17,19). The molecule has 2 aromatic rings. The van der Waals surface area contributed by atoms with Gasteiger partial charge in [-0.1, -0.05) is 24.3 Å². The number of carbonyl (C=O) groups excluding carboxylic acids is 1. The van der Waals surface area contributed by atoms with Crippen molar-refractivity contribution in [1.29, 1.82) is 0 Å². The largest absolute Gasteiger partial charge is 0.396 e. The molecule has 2 rings (SSSR count). The third-order valence-corrected chi connectivity index (χ3v) is 3.02. The summed E-state index contributed by atoms with van der Waals surface area (Å²) in [7, 11) is 0. The number of nitrogens with zero attached hydrogens (tertiary/aromatic N) is 1. The first-order chi connectivity index (χ1) is 9.15. The summed E-state index contributed by atoms with van der Waals surface area (Å²) in [5.74, 6) is -0.511. The van der Waals surface area contributed by atoms with Crippen molar-refractivity contribution in [3.8, 4) is 0 Å². The highest BCUT2D eigenvalue weighted by atomic mass is 16.1. The first kappa shape index (κ1) is 13.0. The normalized spacial score (nSPS) is 10.2. The summed E-state index contributed by atoms with van der Waals surface area (Å²) in [6.45, 7) is 2.78. The van der Waals surface area contributed by atoms with Crippen LogP contribution in [0.5, 0.6) is 0 Å². The number of nitrogens with two attached hydrogens (primary N) is 2. The fraction of sp³-hybridized carbons (Fsp3) is 0.133. The zero-order valence-electron chi connectivity index (χ0n) is 10.8. The van der Waals surface area contributed by atoms with Gasteiger partial charge in [0.05, 0.1) is 16.9 Å². The Labute approximate surface area is 112 Å². The topological polar surface area (TPSA) is 72.3 Å². The van der Waals surface area contributed by atoms with Gasteiger partial charge in [0, 0.05) is 12.2 Å². The molecule has 0 atom stereocenters. The SMILES string of the molecule is CCN(c1ccccc1)c1cccc(C(N)=O)c1N. The molecule has 4 N–H and O–H groups in total. The van der Waals surface area contributed by atoms with E-state index in [4.69, 9.17) is 11.5 Å². The second-order valence-electron chi connectivity index (χ2n) is 4.18. The maximum absolute atomic E-state index is 11.3. The first-order valence-corrected chi connectivity index (χ1v) is 6.16. The van der Waals surface area contributed by atoms with Gasteiger partial charge < -0.3 is 16.4 Å². The van der Waals surface area contributed by atoms with Crippen LogP contribution >= 0.6 is 0 Å². The molecule has 2 aromatic carbocycles. The van der Waals surface area contributed by atoms with Crippen molar-refractivity contribution in [2.75, 3.05) is 17.2 Å². The Morgan fingerprint density at radius 3 is 2.37 bits per heavy atom. The van der Waals surface area contributed by atoms with Crippen LogP contribution in [0.2, 0.25) is 0 Å². The molecule has 0 fully saturated rings.